The molecule has 0 aliphatic heterocycles. The molecule has 0 amide bonds. The summed E-state index contributed by atoms with van der Waals surface area (Å²) in [5, 5.41) is 7.37. The lowest BCUT2D eigenvalue weighted by atomic mass is 9.85. The Morgan fingerprint density at radius 1 is 0.536 bits per heavy atom. The lowest BCUT2D eigenvalue weighted by molar-refractivity contribution is 0.563. The van der Waals surface area contributed by atoms with Gasteiger partial charge in [-0.1, -0.05) is 72.7 Å². The lowest BCUT2D eigenvalue weighted by Crippen LogP contribution is -2.11. The smallest absolute Gasteiger partial charge is 0.143 e. The summed E-state index contributed by atoms with van der Waals surface area (Å²) in [7, 11) is 0. The molecule has 0 bridgehead atoms. The third-order valence-electron chi connectivity index (χ3n) is 14.8. The summed E-state index contributed by atoms with van der Waals surface area (Å²) in [6, 6.07) is 37.2. The van der Waals surface area contributed by atoms with Gasteiger partial charge >= 0.3 is 0 Å². The van der Waals surface area contributed by atoms with Crippen LogP contribution in [0.3, 0.4) is 0 Å². The molecule has 0 spiro atoms. The topological polar surface area (TPSA) is 42.1 Å². The van der Waals surface area contributed by atoms with Gasteiger partial charge in [0.1, 0.15) is 22.3 Å². The van der Waals surface area contributed by atoms with Gasteiger partial charge in [-0.25, -0.2) is 0 Å². The van der Waals surface area contributed by atoms with Crippen LogP contribution in [0, 0.1) is 11.8 Å². The number of aromatic nitrogens is 1. The van der Waals surface area contributed by atoms with Crippen molar-refractivity contribution in [1.29, 1.82) is 0 Å². The molecule has 2 saturated carbocycles. The van der Waals surface area contributed by atoms with E-state index in [1.807, 2.05) is 0 Å². The number of furan rings is 2. The first kappa shape index (κ1) is 34.0. The first-order valence-corrected chi connectivity index (χ1v) is 21.2. The van der Waals surface area contributed by atoms with Crippen LogP contribution in [0.4, 0.5) is 0 Å². The van der Waals surface area contributed by atoms with Crippen molar-refractivity contribution in [1.82, 2.24) is 4.98 Å². The van der Waals surface area contributed by atoms with Gasteiger partial charge in [0.2, 0.25) is 0 Å². The minimum Gasteiger partial charge on any atom is -0.455 e. The van der Waals surface area contributed by atoms with Crippen molar-refractivity contribution in [2.24, 2.45) is 11.8 Å². The zero-order chi connectivity index (χ0) is 38.2. The Morgan fingerprint density at radius 3 is 1.52 bits per heavy atom. The van der Waals surface area contributed by atoms with E-state index in [1.165, 1.54) is 77.7 Å². The second kappa shape index (κ2) is 12.1. The molecule has 2 aliphatic rings. The molecular formula is C53H51NO2. The number of H-pyrrole nitrogens is 1. The van der Waals surface area contributed by atoms with Gasteiger partial charge < -0.3 is 13.8 Å². The number of hydrogen-bond donors (Lipinski definition) is 1. The van der Waals surface area contributed by atoms with E-state index in [2.05, 4.69) is 151 Å². The maximum Gasteiger partial charge on any atom is 0.143 e. The van der Waals surface area contributed by atoms with Crippen LogP contribution in [0.1, 0.15) is 114 Å². The quantitative estimate of drug-likeness (QED) is 0.160. The molecule has 3 aromatic heterocycles. The van der Waals surface area contributed by atoms with Crippen LogP contribution in [0.5, 0.6) is 0 Å². The Balaban J connectivity index is 1.10. The van der Waals surface area contributed by atoms with Crippen molar-refractivity contribution in [2.75, 3.05) is 0 Å². The summed E-state index contributed by atoms with van der Waals surface area (Å²) < 4.78 is 13.6. The molecular weight excluding hydrogens is 683 g/mol. The summed E-state index contributed by atoms with van der Waals surface area (Å²) in [5.41, 5.74) is 16.8. The number of nitrogens with one attached hydrogen (secondary N) is 1. The number of hydrogen-bond acceptors (Lipinski definition) is 2. The van der Waals surface area contributed by atoms with Gasteiger partial charge in [0.15, 0.2) is 0 Å². The minimum atomic E-state index is 0.280. The molecule has 3 heterocycles. The standard InChI is InChI=1S/C53H51NO2/c1-8-28(4)31-13-17-49-41(19-31)43-24-35(30(6)10-3)23-37(51(43)55-49)33-11-15-47-39(21-33)40-22-34(12-16-48(40)54-47)38-25-36(53(7)45-27-46(45)53)26-44-42-20-32(29(5)9-2)14-18-50(42)56-52(38)44/h11-26,28-30,45-46,54H,8-10,27H2,1-7H3. The predicted octanol–water partition coefficient (Wildman–Crippen LogP) is 15.9. The van der Waals surface area contributed by atoms with E-state index in [-0.39, 0.29) is 5.41 Å². The van der Waals surface area contributed by atoms with Gasteiger partial charge in [0.05, 0.1) is 0 Å². The van der Waals surface area contributed by atoms with Crippen molar-refractivity contribution < 1.29 is 8.83 Å². The van der Waals surface area contributed by atoms with E-state index < -0.39 is 0 Å². The molecule has 5 unspecified atom stereocenters. The Kier molecular flexibility index (Phi) is 7.35. The van der Waals surface area contributed by atoms with Crippen LogP contribution in [0.25, 0.3) is 87.9 Å². The molecule has 2 aliphatic carbocycles. The largest absolute Gasteiger partial charge is 0.455 e. The zero-order valence-electron chi connectivity index (χ0n) is 33.8. The Labute approximate surface area is 329 Å². The molecule has 0 radical (unpaired) electrons. The monoisotopic (exact) mass is 733 g/mol. The van der Waals surface area contributed by atoms with Gasteiger partial charge in [-0.05, 0) is 167 Å². The number of rotatable bonds is 9. The Hall–Kier alpha value is -5.28. The molecule has 3 heteroatoms. The van der Waals surface area contributed by atoms with Gasteiger partial charge in [0, 0.05) is 54.5 Å². The third-order valence-corrected chi connectivity index (χ3v) is 14.8. The summed E-state index contributed by atoms with van der Waals surface area (Å²) in [5.74, 6) is 3.12. The van der Waals surface area contributed by atoms with E-state index in [0.717, 1.165) is 70.0 Å². The molecule has 0 saturated heterocycles. The van der Waals surface area contributed by atoms with Crippen molar-refractivity contribution in [3.63, 3.8) is 0 Å². The second-order valence-corrected chi connectivity index (χ2v) is 17.9. The number of benzene rings is 6. The van der Waals surface area contributed by atoms with Crippen molar-refractivity contribution in [2.45, 2.75) is 97.3 Å². The molecule has 56 heavy (non-hydrogen) atoms. The van der Waals surface area contributed by atoms with E-state index >= 15 is 0 Å². The maximum absolute atomic E-state index is 6.80. The fourth-order valence-electron chi connectivity index (χ4n) is 10.0. The van der Waals surface area contributed by atoms with Gasteiger partial charge in [0.25, 0.3) is 0 Å². The van der Waals surface area contributed by atoms with E-state index in [1.54, 1.807) is 0 Å². The van der Waals surface area contributed by atoms with Crippen molar-refractivity contribution in [3.8, 4) is 22.3 Å². The first-order chi connectivity index (χ1) is 27.2. The molecule has 9 aromatic rings. The fourth-order valence-corrected chi connectivity index (χ4v) is 10.0. The van der Waals surface area contributed by atoms with Crippen LogP contribution < -0.4 is 0 Å². The highest BCUT2D eigenvalue weighted by molar-refractivity contribution is 6.15. The first-order valence-electron chi connectivity index (χ1n) is 21.2. The molecule has 2 fully saturated rings. The van der Waals surface area contributed by atoms with Crippen LogP contribution >= 0.6 is 0 Å². The van der Waals surface area contributed by atoms with E-state index in [9.17, 15) is 0 Å². The van der Waals surface area contributed by atoms with Crippen LogP contribution in [0.2, 0.25) is 0 Å². The van der Waals surface area contributed by atoms with E-state index in [0.29, 0.717) is 17.8 Å². The zero-order valence-corrected chi connectivity index (χ0v) is 33.8. The van der Waals surface area contributed by atoms with Crippen molar-refractivity contribution >= 4 is 65.7 Å². The van der Waals surface area contributed by atoms with Crippen LogP contribution in [-0.2, 0) is 5.41 Å². The number of fused-ring (bicyclic) bond motifs is 10. The number of aromatic amines is 1. The van der Waals surface area contributed by atoms with Gasteiger partial charge in [-0.2, -0.15) is 0 Å². The summed E-state index contributed by atoms with van der Waals surface area (Å²) in [4.78, 5) is 3.75. The summed E-state index contributed by atoms with van der Waals surface area (Å²) >= 11 is 0. The van der Waals surface area contributed by atoms with E-state index in [4.69, 9.17) is 8.83 Å². The predicted molar refractivity (Wildman–Crippen MR) is 236 cm³/mol. The highest BCUT2D eigenvalue weighted by Gasteiger charge is 2.74. The molecule has 6 aromatic carbocycles. The minimum absolute atomic E-state index is 0.280. The van der Waals surface area contributed by atoms with Gasteiger partial charge in [-0.3, -0.25) is 0 Å². The van der Waals surface area contributed by atoms with Crippen molar-refractivity contribution in [3.05, 3.63) is 119 Å². The average molecular weight is 734 g/mol. The Morgan fingerprint density at radius 2 is 1.02 bits per heavy atom. The van der Waals surface area contributed by atoms with Crippen LogP contribution in [0.15, 0.2) is 106 Å². The molecule has 280 valence electrons. The fraction of sp³-hybridized carbons (Fsp3) is 0.321. The molecule has 11 rings (SSSR count). The highest BCUT2D eigenvalue weighted by Crippen LogP contribution is 2.77. The van der Waals surface area contributed by atoms with Gasteiger partial charge in [-0.15, -0.1) is 0 Å². The normalized spacial score (nSPS) is 20.8. The lowest BCUT2D eigenvalue weighted by Gasteiger charge is -2.19. The average Bonchev–Trinajstić information content (AvgIpc) is 4.00. The molecule has 1 N–H and O–H groups in total. The molecule has 5 atom stereocenters. The van der Waals surface area contributed by atoms with Crippen LogP contribution in [-0.4, -0.2) is 4.98 Å². The Bertz CT molecular complexity index is 3050. The summed E-state index contributed by atoms with van der Waals surface area (Å²) in [6.45, 7) is 16.3. The highest BCUT2D eigenvalue weighted by atomic mass is 16.3. The second-order valence-electron chi connectivity index (χ2n) is 17.9. The third kappa shape index (κ3) is 4.88. The maximum atomic E-state index is 6.80. The summed E-state index contributed by atoms with van der Waals surface area (Å²) in [6.07, 6.45) is 4.70. The SMILES string of the molecule is CCC(C)c1ccc2oc3c(-c4ccc5[nH]c6ccc(-c7cc(C8(C)C9CC98)cc8c7oc7ccc(C(C)CC)cc78)cc6c5c4)cc(C(C)CC)cc3c2c1. The molecule has 3 nitrogen and oxygen atoms in total.